The van der Waals surface area contributed by atoms with Gasteiger partial charge in [0.05, 0.1) is 14.8 Å². The predicted molar refractivity (Wildman–Crippen MR) is 58.6 cm³/mol. The third-order valence-electron chi connectivity index (χ3n) is 1.61. The summed E-state index contributed by atoms with van der Waals surface area (Å²) in [6.45, 7) is 0. The number of aliphatic carboxylic acids is 1. The lowest BCUT2D eigenvalue weighted by atomic mass is 10.2. The Morgan fingerprint density at radius 3 is 2.62 bits per heavy atom. The first kappa shape index (κ1) is 12.9. The maximum atomic E-state index is 12.5. The van der Waals surface area contributed by atoms with E-state index in [1.807, 2.05) is 0 Å². The van der Waals surface area contributed by atoms with Gasteiger partial charge in [0, 0.05) is 12.3 Å². The van der Waals surface area contributed by atoms with Crippen molar-refractivity contribution >= 4 is 34.6 Å². The summed E-state index contributed by atoms with van der Waals surface area (Å²) < 4.78 is 37.2. The van der Waals surface area contributed by atoms with Gasteiger partial charge < -0.3 is 5.11 Å². The fourth-order valence-corrected chi connectivity index (χ4v) is 1.75. The van der Waals surface area contributed by atoms with Gasteiger partial charge in [0.1, 0.15) is 0 Å². The van der Waals surface area contributed by atoms with E-state index in [2.05, 4.69) is 4.98 Å². The second kappa shape index (κ2) is 4.81. The largest absolute Gasteiger partial charge is 0.478 e. The van der Waals surface area contributed by atoms with Crippen molar-refractivity contribution in [2.24, 2.45) is 0 Å². The van der Waals surface area contributed by atoms with Gasteiger partial charge >= 0.3 is 12.1 Å². The zero-order valence-corrected chi connectivity index (χ0v) is 9.78. The lowest BCUT2D eigenvalue weighted by molar-refractivity contribution is -0.138. The third-order valence-corrected chi connectivity index (χ3v) is 2.74. The summed E-state index contributed by atoms with van der Waals surface area (Å²) in [4.78, 5) is 13.9. The molecule has 7 heteroatoms. The van der Waals surface area contributed by atoms with Gasteiger partial charge in [-0.3, -0.25) is 4.98 Å². The average Bonchev–Trinajstić information content (AvgIpc) is 2.14. The van der Waals surface area contributed by atoms with E-state index in [1.54, 1.807) is 0 Å². The highest BCUT2D eigenvalue weighted by Crippen LogP contribution is 2.33. The number of carboxylic acid groups (broad SMARTS) is 1. The first-order valence-corrected chi connectivity index (χ1v) is 5.03. The summed E-state index contributed by atoms with van der Waals surface area (Å²) in [5, 5.41) is 8.36. The van der Waals surface area contributed by atoms with E-state index in [0.29, 0.717) is 0 Å². The topological polar surface area (TPSA) is 50.2 Å². The molecule has 0 aliphatic carbocycles. The van der Waals surface area contributed by atoms with Crippen molar-refractivity contribution in [3.63, 3.8) is 0 Å². The number of carboxylic acids is 1. The number of carbonyl (C=O) groups is 1. The highest BCUT2D eigenvalue weighted by atomic mass is 127. The van der Waals surface area contributed by atoms with Gasteiger partial charge in [-0.15, -0.1) is 0 Å². The van der Waals surface area contributed by atoms with Crippen LogP contribution in [0.2, 0.25) is 0 Å². The minimum Gasteiger partial charge on any atom is -0.478 e. The lowest BCUT2D eigenvalue weighted by Crippen LogP contribution is -2.09. The molecule has 86 valence electrons. The number of nitrogens with zero attached hydrogens (tertiary/aromatic N) is 1. The SMILES string of the molecule is O=C(O)/C=C/c1nccc(C(F)(F)F)c1I. The smallest absolute Gasteiger partial charge is 0.417 e. The molecular weight excluding hydrogens is 338 g/mol. The zero-order valence-electron chi connectivity index (χ0n) is 7.62. The summed E-state index contributed by atoms with van der Waals surface area (Å²) in [5.74, 6) is -1.24. The molecule has 0 saturated carbocycles. The lowest BCUT2D eigenvalue weighted by Gasteiger charge is -2.09. The molecule has 0 spiro atoms. The van der Waals surface area contributed by atoms with E-state index in [0.717, 1.165) is 24.4 Å². The van der Waals surface area contributed by atoms with Crippen LogP contribution < -0.4 is 0 Å². The summed E-state index contributed by atoms with van der Waals surface area (Å²) >= 11 is 1.49. The Morgan fingerprint density at radius 1 is 1.50 bits per heavy atom. The van der Waals surface area contributed by atoms with Gasteiger partial charge in [0.15, 0.2) is 0 Å². The van der Waals surface area contributed by atoms with E-state index >= 15 is 0 Å². The van der Waals surface area contributed by atoms with Crippen LogP contribution in [-0.4, -0.2) is 16.1 Å². The fraction of sp³-hybridized carbons (Fsp3) is 0.111. The molecule has 0 atom stereocenters. The fourth-order valence-electron chi connectivity index (χ4n) is 0.945. The van der Waals surface area contributed by atoms with Crippen LogP contribution >= 0.6 is 22.6 Å². The average molecular weight is 343 g/mol. The van der Waals surface area contributed by atoms with Gasteiger partial charge in [-0.25, -0.2) is 4.79 Å². The van der Waals surface area contributed by atoms with E-state index in [1.165, 1.54) is 22.6 Å². The third kappa shape index (κ3) is 3.19. The first-order chi connectivity index (χ1) is 7.32. The van der Waals surface area contributed by atoms with E-state index in [-0.39, 0.29) is 9.26 Å². The second-order valence-corrected chi connectivity index (χ2v) is 3.81. The van der Waals surface area contributed by atoms with Gasteiger partial charge in [0.25, 0.3) is 0 Å². The van der Waals surface area contributed by atoms with Crippen molar-refractivity contribution in [1.29, 1.82) is 0 Å². The number of pyridine rings is 1. The Morgan fingerprint density at radius 2 is 2.12 bits per heavy atom. The molecule has 1 rings (SSSR count). The maximum absolute atomic E-state index is 12.5. The summed E-state index contributed by atoms with van der Waals surface area (Å²) in [6, 6.07) is 0.847. The monoisotopic (exact) mass is 343 g/mol. The molecule has 0 fully saturated rings. The van der Waals surface area contributed by atoms with Crippen molar-refractivity contribution < 1.29 is 23.1 Å². The number of hydrogen-bond acceptors (Lipinski definition) is 2. The molecule has 0 bridgehead atoms. The first-order valence-electron chi connectivity index (χ1n) is 3.95. The molecule has 1 heterocycles. The van der Waals surface area contributed by atoms with E-state index in [9.17, 15) is 18.0 Å². The Labute approximate surface area is 102 Å². The summed E-state index contributed by atoms with van der Waals surface area (Å²) in [7, 11) is 0. The standard InChI is InChI=1S/C9H5F3INO2/c10-9(11,12)5-3-4-14-6(8(5)13)1-2-7(15)16/h1-4H,(H,15,16)/b2-1+. The van der Waals surface area contributed by atoms with Gasteiger partial charge in [-0.2, -0.15) is 13.2 Å². The van der Waals surface area contributed by atoms with Crippen LogP contribution in [0.25, 0.3) is 6.08 Å². The number of halogens is 4. The van der Waals surface area contributed by atoms with Crippen LogP contribution in [0.4, 0.5) is 13.2 Å². The molecule has 16 heavy (non-hydrogen) atoms. The Balaban J connectivity index is 3.19. The summed E-state index contributed by atoms with van der Waals surface area (Å²) in [6.07, 6.45) is -1.71. The molecule has 0 radical (unpaired) electrons. The highest BCUT2D eigenvalue weighted by Gasteiger charge is 2.33. The summed E-state index contributed by atoms with van der Waals surface area (Å²) in [5.41, 5.74) is -0.842. The molecule has 0 aliphatic rings. The van der Waals surface area contributed by atoms with Crippen LogP contribution in [-0.2, 0) is 11.0 Å². The van der Waals surface area contributed by atoms with Gasteiger partial charge in [-0.1, -0.05) is 0 Å². The zero-order chi connectivity index (χ0) is 12.3. The van der Waals surface area contributed by atoms with Gasteiger partial charge in [0.2, 0.25) is 0 Å². The van der Waals surface area contributed by atoms with Crippen molar-refractivity contribution in [3.05, 3.63) is 33.2 Å². The van der Waals surface area contributed by atoms with Crippen LogP contribution in [0.5, 0.6) is 0 Å². The second-order valence-electron chi connectivity index (χ2n) is 2.73. The van der Waals surface area contributed by atoms with Crippen molar-refractivity contribution in [3.8, 4) is 0 Å². The molecular formula is C9H5F3INO2. The van der Waals surface area contributed by atoms with Crippen LogP contribution in [0.15, 0.2) is 18.3 Å². The number of hydrogen-bond donors (Lipinski definition) is 1. The molecule has 0 amide bonds. The molecule has 1 aromatic heterocycles. The number of alkyl halides is 3. The molecule has 0 saturated heterocycles. The maximum Gasteiger partial charge on any atom is 0.417 e. The molecule has 1 aromatic rings. The molecule has 0 unspecified atom stereocenters. The molecule has 0 aliphatic heterocycles. The van der Waals surface area contributed by atoms with Crippen LogP contribution in [0.3, 0.4) is 0 Å². The molecule has 1 N–H and O–H groups in total. The normalized spacial score (nSPS) is 12.0. The number of rotatable bonds is 2. The Bertz CT molecular complexity index is 443. The van der Waals surface area contributed by atoms with E-state index in [4.69, 9.17) is 5.11 Å². The quantitative estimate of drug-likeness (QED) is 0.664. The van der Waals surface area contributed by atoms with Crippen LogP contribution in [0, 0.1) is 3.57 Å². The Hall–Kier alpha value is -1.12. The van der Waals surface area contributed by atoms with Crippen molar-refractivity contribution in [2.45, 2.75) is 6.18 Å². The van der Waals surface area contributed by atoms with Gasteiger partial charge in [-0.05, 0) is 34.7 Å². The predicted octanol–water partition coefficient (Wildman–Crippen LogP) is 2.80. The Kier molecular flexibility index (Phi) is 3.89. The van der Waals surface area contributed by atoms with Crippen molar-refractivity contribution in [1.82, 2.24) is 4.98 Å². The van der Waals surface area contributed by atoms with Crippen LogP contribution in [0.1, 0.15) is 11.3 Å². The van der Waals surface area contributed by atoms with Crippen molar-refractivity contribution in [2.75, 3.05) is 0 Å². The molecule has 3 nitrogen and oxygen atoms in total. The minimum absolute atomic E-state index is 0.0159. The highest BCUT2D eigenvalue weighted by molar-refractivity contribution is 14.1. The molecule has 0 aromatic carbocycles. The minimum atomic E-state index is -4.47. The van der Waals surface area contributed by atoms with E-state index < -0.39 is 17.7 Å². The number of aromatic nitrogens is 1.